The number of carbonyl (C=O) groups excluding carboxylic acids is 1. The Morgan fingerprint density at radius 1 is 1.53 bits per heavy atom. The smallest absolute Gasteiger partial charge is 0.269 e. The lowest BCUT2D eigenvalue weighted by molar-refractivity contribution is 0.0995. The molecule has 0 spiro atoms. The van der Waals surface area contributed by atoms with Gasteiger partial charge in [-0.25, -0.2) is 14.6 Å². The van der Waals surface area contributed by atoms with Gasteiger partial charge in [-0.15, -0.1) is 0 Å². The third-order valence-electron chi connectivity index (χ3n) is 1.71. The van der Waals surface area contributed by atoms with E-state index in [4.69, 9.17) is 5.73 Å². The average Bonchev–Trinajstić information content (AvgIpc) is 2.67. The van der Waals surface area contributed by atoms with Crippen molar-refractivity contribution in [3.05, 3.63) is 34.1 Å². The number of rotatable bonds is 2. The first kappa shape index (κ1) is 10.0. The van der Waals surface area contributed by atoms with Crippen LogP contribution in [-0.4, -0.2) is 25.7 Å². The minimum atomic E-state index is -0.558. The predicted octanol–water partition coefficient (Wildman–Crippen LogP) is 0.366. The molecule has 15 heavy (non-hydrogen) atoms. The van der Waals surface area contributed by atoms with E-state index >= 15 is 0 Å². The normalized spacial score (nSPS) is 10.2. The SMILES string of the molecule is NC(=O)c1ccn(-c2ncncc2I)n1. The van der Waals surface area contributed by atoms with Gasteiger partial charge in [0.05, 0.1) is 3.57 Å². The molecule has 6 nitrogen and oxygen atoms in total. The third-order valence-corrected chi connectivity index (χ3v) is 2.47. The van der Waals surface area contributed by atoms with Crippen LogP contribution in [0.15, 0.2) is 24.8 Å². The maximum atomic E-state index is 10.8. The van der Waals surface area contributed by atoms with E-state index < -0.39 is 5.91 Å². The molecule has 0 aliphatic rings. The molecule has 0 saturated heterocycles. The molecule has 2 heterocycles. The van der Waals surface area contributed by atoms with Gasteiger partial charge in [-0.05, 0) is 28.7 Å². The van der Waals surface area contributed by atoms with Gasteiger partial charge < -0.3 is 5.73 Å². The number of nitrogens with zero attached hydrogens (tertiary/aromatic N) is 4. The summed E-state index contributed by atoms with van der Waals surface area (Å²) in [5.74, 6) is 0.0657. The van der Waals surface area contributed by atoms with Gasteiger partial charge >= 0.3 is 0 Å². The highest BCUT2D eigenvalue weighted by Gasteiger charge is 2.08. The Morgan fingerprint density at radius 2 is 2.33 bits per heavy atom. The zero-order valence-electron chi connectivity index (χ0n) is 7.46. The zero-order chi connectivity index (χ0) is 10.8. The number of amides is 1. The van der Waals surface area contributed by atoms with E-state index in [1.54, 1.807) is 18.5 Å². The monoisotopic (exact) mass is 315 g/mol. The van der Waals surface area contributed by atoms with E-state index in [0.717, 1.165) is 3.57 Å². The summed E-state index contributed by atoms with van der Waals surface area (Å²) in [6.45, 7) is 0. The maximum absolute atomic E-state index is 10.8. The molecule has 0 bridgehead atoms. The molecule has 0 aliphatic heterocycles. The van der Waals surface area contributed by atoms with E-state index in [1.165, 1.54) is 11.0 Å². The molecule has 0 aromatic carbocycles. The Bertz CT molecular complexity index is 509. The number of carbonyl (C=O) groups is 1. The summed E-state index contributed by atoms with van der Waals surface area (Å²) >= 11 is 2.09. The molecule has 0 aliphatic carbocycles. The third kappa shape index (κ3) is 1.96. The molecule has 7 heteroatoms. The molecule has 2 rings (SSSR count). The minimum absolute atomic E-state index is 0.212. The molecule has 2 aromatic heterocycles. The fourth-order valence-electron chi connectivity index (χ4n) is 1.05. The van der Waals surface area contributed by atoms with E-state index in [0.29, 0.717) is 5.82 Å². The molecular weight excluding hydrogens is 309 g/mol. The van der Waals surface area contributed by atoms with Crippen molar-refractivity contribution in [2.24, 2.45) is 5.73 Å². The molecule has 0 unspecified atom stereocenters. The van der Waals surface area contributed by atoms with E-state index in [-0.39, 0.29) is 5.69 Å². The van der Waals surface area contributed by atoms with Gasteiger partial charge in [-0.1, -0.05) is 0 Å². The van der Waals surface area contributed by atoms with Crippen LogP contribution in [0.2, 0.25) is 0 Å². The number of hydrogen-bond donors (Lipinski definition) is 1. The van der Waals surface area contributed by atoms with Crippen LogP contribution >= 0.6 is 22.6 Å². The first-order valence-corrected chi connectivity index (χ1v) is 5.07. The highest BCUT2D eigenvalue weighted by Crippen LogP contribution is 2.11. The van der Waals surface area contributed by atoms with Gasteiger partial charge in [0, 0.05) is 12.4 Å². The van der Waals surface area contributed by atoms with Gasteiger partial charge in [0.25, 0.3) is 5.91 Å². The van der Waals surface area contributed by atoms with Crippen LogP contribution in [0.1, 0.15) is 10.5 Å². The van der Waals surface area contributed by atoms with Crippen LogP contribution in [0.4, 0.5) is 0 Å². The lowest BCUT2D eigenvalue weighted by Gasteiger charge is -2.00. The number of hydrogen-bond acceptors (Lipinski definition) is 4. The summed E-state index contributed by atoms with van der Waals surface area (Å²) < 4.78 is 2.33. The van der Waals surface area contributed by atoms with Crippen molar-refractivity contribution >= 4 is 28.5 Å². The van der Waals surface area contributed by atoms with Gasteiger partial charge in [-0.2, -0.15) is 5.10 Å². The van der Waals surface area contributed by atoms with E-state index in [9.17, 15) is 4.79 Å². The predicted molar refractivity (Wildman–Crippen MR) is 60.4 cm³/mol. The first-order valence-electron chi connectivity index (χ1n) is 4.00. The molecule has 0 atom stereocenters. The summed E-state index contributed by atoms with van der Waals surface area (Å²) in [4.78, 5) is 18.8. The Balaban J connectivity index is 2.46. The average molecular weight is 315 g/mol. The first-order chi connectivity index (χ1) is 7.18. The van der Waals surface area contributed by atoms with Crippen LogP contribution in [0.25, 0.3) is 5.82 Å². The van der Waals surface area contributed by atoms with Crippen LogP contribution in [0, 0.1) is 3.57 Å². The van der Waals surface area contributed by atoms with Crippen molar-refractivity contribution in [1.82, 2.24) is 19.7 Å². The highest BCUT2D eigenvalue weighted by molar-refractivity contribution is 14.1. The van der Waals surface area contributed by atoms with Crippen LogP contribution in [0.5, 0.6) is 0 Å². The standard InChI is InChI=1S/C8H6IN5O/c9-5-3-11-4-12-8(5)14-2-1-6(13-14)7(10)15/h1-4H,(H2,10,15). The summed E-state index contributed by atoms with van der Waals surface area (Å²) in [6, 6.07) is 1.54. The molecule has 76 valence electrons. The maximum Gasteiger partial charge on any atom is 0.269 e. The van der Waals surface area contributed by atoms with Crippen molar-refractivity contribution in [3.63, 3.8) is 0 Å². The molecule has 0 fully saturated rings. The van der Waals surface area contributed by atoms with Gasteiger partial charge in [0.2, 0.25) is 0 Å². The Hall–Kier alpha value is -1.51. The van der Waals surface area contributed by atoms with E-state index in [2.05, 4.69) is 37.7 Å². The van der Waals surface area contributed by atoms with E-state index in [1.807, 2.05) is 0 Å². The number of nitrogens with two attached hydrogens (primary N) is 1. The molecular formula is C8H6IN5O. The van der Waals surface area contributed by atoms with Gasteiger partial charge in [0.1, 0.15) is 12.0 Å². The summed E-state index contributed by atoms with van der Waals surface area (Å²) in [6.07, 6.45) is 4.71. The minimum Gasteiger partial charge on any atom is -0.364 e. The van der Waals surface area contributed by atoms with Crippen molar-refractivity contribution in [2.75, 3.05) is 0 Å². The molecule has 1 amide bonds. The molecule has 0 saturated carbocycles. The van der Waals surface area contributed by atoms with Crippen LogP contribution < -0.4 is 5.73 Å². The Labute approximate surface area is 98.7 Å². The fourth-order valence-corrected chi connectivity index (χ4v) is 1.60. The lowest BCUT2D eigenvalue weighted by atomic mass is 10.4. The second kappa shape index (κ2) is 3.93. The Morgan fingerprint density at radius 3 is 2.93 bits per heavy atom. The molecule has 2 N–H and O–H groups in total. The number of aromatic nitrogens is 4. The number of halogens is 1. The van der Waals surface area contributed by atoms with Crippen molar-refractivity contribution in [2.45, 2.75) is 0 Å². The van der Waals surface area contributed by atoms with Crippen LogP contribution in [-0.2, 0) is 0 Å². The summed E-state index contributed by atoms with van der Waals surface area (Å²) in [5, 5.41) is 3.99. The number of primary amides is 1. The lowest BCUT2D eigenvalue weighted by Crippen LogP contribution is -2.12. The van der Waals surface area contributed by atoms with Crippen molar-refractivity contribution < 1.29 is 4.79 Å². The summed E-state index contributed by atoms with van der Waals surface area (Å²) in [5.41, 5.74) is 5.31. The topological polar surface area (TPSA) is 86.7 Å². The highest BCUT2D eigenvalue weighted by atomic mass is 127. The second-order valence-corrected chi connectivity index (χ2v) is 3.87. The van der Waals surface area contributed by atoms with Gasteiger partial charge in [-0.3, -0.25) is 4.79 Å². The summed E-state index contributed by atoms with van der Waals surface area (Å²) in [7, 11) is 0. The molecule has 2 aromatic rings. The Kier molecular flexibility index (Phi) is 2.62. The van der Waals surface area contributed by atoms with Crippen LogP contribution in [0.3, 0.4) is 0 Å². The fraction of sp³-hybridized carbons (Fsp3) is 0. The quantitative estimate of drug-likeness (QED) is 0.811. The largest absolute Gasteiger partial charge is 0.364 e. The second-order valence-electron chi connectivity index (χ2n) is 2.70. The van der Waals surface area contributed by atoms with Gasteiger partial charge in [0.15, 0.2) is 5.82 Å². The zero-order valence-corrected chi connectivity index (χ0v) is 9.62. The van der Waals surface area contributed by atoms with Crippen molar-refractivity contribution in [3.8, 4) is 5.82 Å². The van der Waals surface area contributed by atoms with Crippen molar-refractivity contribution in [1.29, 1.82) is 0 Å². The molecule has 0 radical (unpaired) electrons.